The van der Waals surface area contributed by atoms with E-state index in [-0.39, 0.29) is 18.4 Å². The number of nitrogens with one attached hydrogen (secondary N) is 1. The summed E-state index contributed by atoms with van der Waals surface area (Å²) < 4.78 is 27.6. The predicted molar refractivity (Wildman–Crippen MR) is 123 cm³/mol. The molecule has 9 heteroatoms. The van der Waals surface area contributed by atoms with E-state index in [0.29, 0.717) is 17.4 Å². The summed E-state index contributed by atoms with van der Waals surface area (Å²) in [5.74, 6) is 0. The van der Waals surface area contributed by atoms with Gasteiger partial charge in [-0.2, -0.15) is 0 Å². The van der Waals surface area contributed by atoms with E-state index in [2.05, 4.69) is 21.8 Å². The molecular weight excluding hydrogens is 432 g/mol. The van der Waals surface area contributed by atoms with Gasteiger partial charge in [0.1, 0.15) is 0 Å². The molecule has 1 saturated heterocycles. The molecule has 2 aliphatic rings. The van der Waals surface area contributed by atoms with E-state index in [9.17, 15) is 13.2 Å². The second-order valence-corrected chi connectivity index (χ2v) is 10.3. The van der Waals surface area contributed by atoms with Crippen LogP contribution in [0.4, 0.5) is 15.6 Å². The molecule has 31 heavy (non-hydrogen) atoms. The van der Waals surface area contributed by atoms with Gasteiger partial charge in [0.2, 0.25) is 0 Å². The lowest BCUT2D eigenvalue weighted by Gasteiger charge is -2.39. The number of nitrogens with zero attached hydrogens (tertiary/aromatic N) is 3. The highest BCUT2D eigenvalue weighted by Crippen LogP contribution is 2.30. The first-order valence-corrected chi connectivity index (χ1v) is 12.5. The van der Waals surface area contributed by atoms with E-state index < -0.39 is 10.0 Å². The molecule has 5 rings (SSSR count). The molecule has 1 N–H and O–H groups in total. The zero-order valence-electron chi connectivity index (χ0n) is 16.8. The van der Waals surface area contributed by atoms with Crippen LogP contribution < -0.4 is 9.62 Å². The summed E-state index contributed by atoms with van der Waals surface area (Å²) in [4.78, 5) is 21.1. The number of aromatic nitrogens is 1. The Hall–Kier alpha value is -2.91. The minimum absolute atomic E-state index is 0. The van der Waals surface area contributed by atoms with Crippen LogP contribution in [0.15, 0.2) is 65.0 Å². The standard InChI is InChI=1S/C22H22N4O3S2.H2/c27-22-25(11-3-12-26(22)19-14-16-4-1-2-5-17(16)15-19)18-6-8-20(9-7-18)31(28,29)24-21-23-10-13-30-21;/h1-2,4-10,13,19H,3,11-12,14-15H2,(H,23,24);1H. The Bertz CT molecular complexity index is 1180. The fourth-order valence-corrected chi connectivity index (χ4v) is 6.12. The van der Waals surface area contributed by atoms with Crippen molar-refractivity contribution in [1.29, 1.82) is 0 Å². The summed E-state index contributed by atoms with van der Waals surface area (Å²) >= 11 is 1.22. The lowest BCUT2D eigenvalue weighted by molar-refractivity contribution is 0.172. The van der Waals surface area contributed by atoms with Gasteiger partial charge < -0.3 is 4.90 Å². The number of rotatable bonds is 5. The number of carbonyl (C=O) groups excluding carboxylic acids is 1. The Balaban J connectivity index is 0.00000245. The van der Waals surface area contributed by atoms with E-state index in [4.69, 9.17) is 0 Å². The van der Waals surface area contributed by atoms with Crippen LogP contribution >= 0.6 is 11.3 Å². The van der Waals surface area contributed by atoms with Gasteiger partial charge in [-0.05, 0) is 54.7 Å². The highest BCUT2D eigenvalue weighted by Gasteiger charge is 2.35. The van der Waals surface area contributed by atoms with Crippen molar-refractivity contribution in [3.05, 3.63) is 71.2 Å². The maximum Gasteiger partial charge on any atom is 0.324 e. The molecule has 0 saturated carbocycles. The van der Waals surface area contributed by atoms with Gasteiger partial charge >= 0.3 is 6.03 Å². The van der Waals surface area contributed by atoms with Crippen LogP contribution in [0.5, 0.6) is 0 Å². The summed E-state index contributed by atoms with van der Waals surface area (Å²) in [6.45, 7) is 1.37. The fraction of sp³-hybridized carbons (Fsp3) is 0.273. The van der Waals surface area contributed by atoms with Gasteiger partial charge in [-0.15, -0.1) is 11.3 Å². The van der Waals surface area contributed by atoms with E-state index >= 15 is 0 Å². The number of urea groups is 1. The van der Waals surface area contributed by atoms with Crippen molar-refractivity contribution < 1.29 is 14.6 Å². The first kappa shape index (κ1) is 20.0. The summed E-state index contributed by atoms with van der Waals surface area (Å²) in [6.07, 6.45) is 4.19. The molecule has 2 heterocycles. The molecular formula is C22H24N4O3S2. The molecule has 0 atom stereocenters. The van der Waals surface area contributed by atoms with E-state index in [1.807, 2.05) is 17.0 Å². The number of hydrogen-bond acceptors (Lipinski definition) is 5. The molecule has 1 aliphatic heterocycles. The molecule has 0 bridgehead atoms. The van der Waals surface area contributed by atoms with Crippen molar-refractivity contribution in [2.75, 3.05) is 22.7 Å². The molecule has 162 valence electrons. The number of thiazole rings is 1. The minimum atomic E-state index is -3.71. The van der Waals surface area contributed by atoms with Crippen LogP contribution in [-0.2, 0) is 22.9 Å². The molecule has 1 aromatic heterocycles. The molecule has 7 nitrogen and oxygen atoms in total. The second kappa shape index (κ2) is 7.97. The van der Waals surface area contributed by atoms with Crippen molar-refractivity contribution in [2.45, 2.75) is 30.2 Å². The van der Waals surface area contributed by atoms with Crippen LogP contribution in [0, 0.1) is 0 Å². The quantitative estimate of drug-likeness (QED) is 0.629. The molecule has 2 aromatic carbocycles. The number of amides is 2. The number of carbonyl (C=O) groups is 1. The maximum atomic E-state index is 13.3. The molecule has 3 aromatic rings. The fourth-order valence-electron chi connectivity index (χ4n) is 4.33. The highest BCUT2D eigenvalue weighted by molar-refractivity contribution is 7.93. The Morgan fingerprint density at radius 1 is 1.03 bits per heavy atom. The van der Waals surface area contributed by atoms with Gasteiger partial charge in [-0.3, -0.25) is 9.62 Å². The highest BCUT2D eigenvalue weighted by atomic mass is 32.2. The SMILES string of the molecule is O=C1N(c2ccc(S(=O)(=O)Nc3nccs3)cc2)CCCN1C1Cc2ccccc2C1.[HH]. The number of benzene rings is 2. The predicted octanol–water partition coefficient (Wildman–Crippen LogP) is 3.99. The van der Waals surface area contributed by atoms with Gasteiger partial charge in [0.15, 0.2) is 5.13 Å². The molecule has 0 radical (unpaired) electrons. The van der Waals surface area contributed by atoms with Crippen LogP contribution in [0.25, 0.3) is 0 Å². The molecule has 1 aliphatic carbocycles. The average molecular weight is 457 g/mol. The molecule has 0 unspecified atom stereocenters. The number of sulfonamides is 1. The average Bonchev–Trinajstić information content (AvgIpc) is 3.43. The zero-order valence-corrected chi connectivity index (χ0v) is 18.4. The Kier molecular flexibility index (Phi) is 5.15. The lowest BCUT2D eigenvalue weighted by atomic mass is 10.1. The smallest absolute Gasteiger partial charge is 0.321 e. The van der Waals surface area contributed by atoms with Gasteiger partial charge in [0.05, 0.1) is 4.90 Å². The first-order chi connectivity index (χ1) is 15.0. The topological polar surface area (TPSA) is 82.6 Å². The van der Waals surface area contributed by atoms with Crippen molar-refractivity contribution in [1.82, 2.24) is 9.88 Å². The largest absolute Gasteiger partial charge is 0.324 e. The van der Waals surface area contributed by atoms with E-state index in [1.165, 1.54) is 34.6 Å². The second-order valence-electron chi connectivity index (χ2n) is 7.75. The number of anilines is 2. The van der Waals surface area contributed by atoms with E-state index in [0.717, 1.165) is 25.8 Å². The summed E-state index contributed by atoms with van der Waals surface area (Å²) in [5, 5.41) is 2.03. The monoisotopic (exact) mass is 456 g/mol. The van der Waals surface area contributed by atoms with Gasteiger partial charge in [-0.1, -0.05) is 24.3 Å². The van der Waals surface area contributed by atoms with Crippen LogP contribution in [0.1, 0.15) is 19.0 Å². The first-order valence-electron chi connectivity index (χ1n) is 10.2. The van der Waals surface area contributed by atoms with Crippen LogP contribution in [0.2, 0.25) is 0 Å². The van der Waals surface area contributed by atoms with Crippen molar-refractivity contribution >= 4 is 38.2 Å². The van der Waals surface area contributed by atoms with Crippen LogP contribution in [0.3, 0.4) is 0 Å². The Morgan fingerprint density at radius 3 is 2.39 bits per heavy atom. The lowest BCUT2D eigenvalue weighted by Crippen LogP contribution is -2.53. The number of fused-ring (bicyclic) bond motifs is 1. The minimum Gasteiger partial charge on any atom is -0.321 e. The third-order valence-electron chi connectivity index (χ3n) is 5.84. The van der Waals surface area contributed by atoms with Crippen LogP contribution in [-0.4, -0.2) is 43.5 Å². The molecule has 0 spiro atoms. The summed E-state index contributed by atoms with van der Waals surface area (Å²) in [5.41, 5.74) is 3.35. The Morgan fingerprint density at radius 2 is 1.74 bits per heavy atom. The maximum absolute atomic E-state index is 13.3. The van der Waals surface area contributed by atoms with Crippen molar-refractivity contribution in [2.24, 2.45) is 0 Å². The van der Waals surface area contributed by atoms with Gasteiger partial charge in [0, 0.05) is 37.8 Å². The Labute approximate surface area is 186 Å². The molecule has 1 fully saturated rings. The van der Waals surface area contributed by atoms with E-state index in [1.54, 1.807) is 28.6 Å². The summed E-state index contributed by atoms with van der Waals surface area (Å²) in [7, 11) is -3.71. The zero-order chi connectivity index (χ0) is 21.4. The molecule has 2 amide bonds. The van der Waals surface area contributed by atoms with Crippen molar-refractivity contribution in [3.63, 3.8) is 0 Å². The third-order valence-corrected chi connectivity index (χ3v) is 8.01. The van der Waals surface area contributed by atoms with Gasteiger partial charge in [-0.25, -0.2) is 18.2 Å². The summed E-state index contributed by atoms with van der Waals surface area (Å²) in [6, 6.07) is 15.0. The van der Waals surface area contributed by atoms with Crippen molar-refractivity contribution in [3.8, 4) is 0 Å². The number of hydrogen-bond donors (Lipinski definition) is 1. The third kappa shape index (κ3) is 3.90. The van der Waals surface area contributed by atoms with Gasteiger partial charge in [0.25, 0.3) is 10.0 Å². The normalized spacial score (nSPS) is 17.1.